The third-order valence-corrected chi connectivity index (χ3v) is 9.86. The molecule has 1 aromatic carbocycles. The zero-order chi connectivity index (χ0) is 28.7. The van der Waals surface area contributed by atoms with E-state index in [1.54, 1.807) is 0 Å². The first-order chi connectivity index (χ1) is 18.2. The first-order valence-electron chi connectivity index (χ1n) is 11.4. The molecule has 13 nitrogen and oxygen atoms in total. The number of benzene rings is 1. The van der Waals surface area contributed by atoms with E-state index in [1.807, 2.05) is 0 Å². The van der Waals surface area contributed by atoms with Gasteiger partial charge in [-0.3, -0.25) is 9.13 Å². The molecule has 0 bridgehead atoms. The molecule has 1 aliphatic heterocycles. The van der Waals surface area contributed by atoms with Gasteiger partial charge in [0.05, 0.1) is 23.9 Å². The predicted molar refractivity (Wildman–Crippen MR) is 135 cm³/mol. The lowest BCUT2D eigenvalue weighted by Gasteiger charge is -2.22. The fourth-order valence-electron chi connectivity index (χ4n) is 4.44. The van der Waals surface area contributed by atoms with Crippen LogP contribution in [-0.2, 0) is 24.8 Å². The molecular formula is C21H25ClF2N4O9P2. The highest BCUT2D eigenvalue weighted by molar-refractivity contribution is 7.70. The van der Waals surface area contributed by atoms with E-state index in [1.165, 1.54) is 6.07 Å². The van der Waals surface area contributed by atoms with Crippen molar-refractivity contribution in [3.05, 3.63) is 51.7 Å². The van der Waals surface area contributed by atoms with Gasteiger partial charge in [-0.1, -0.05) is 11.6 Å². The van der Waals surface area contributed by atoms with Gasteiger partial charge in [0.25, 0.3) is 0 Å². The van der Waals surface area contributed by atoms with Crippen molar-refractivity contribution in [2.45, 2.75) is 43.4 Å². The highest BCUT2D eigenvalue weighted by atomic mass is 35.5. The summed E-state index contributed by atoms with van der Waals surface area (Å²) < 4.78 is 60.5. The first kappa shape index (κ1) is 29.9. The quantitative estimate of drug-likeness (QED) is 0.110. The van der Waals surface area contributed by atoms with E-state index in [4.69, 9.17) is 31.5 Å². The van der Waals surface area contributed by atoms with Crippen molar-refractivity contribution in [1.82, 2.24) is 4.98 Å². The van der Waals surface area contributed by atoms with Crippen molar-refractivity contribution in [1.29, 1.82) is 5.41 Å². The lowest BCUT2D eigenvalue weighted by atomic mass is 10.1. The summed E-state index contributed by atoms with van der Waals surface area (Å²) in [6.45, 7) is -0.782. The minimum Gasteiger partial charge on any atom is -0.387 e. The standard InChI is InChI=1S/C21H25ClF2N4O9P2/c22-17-5-15(26-14-2-1-9-3-12(23)13(24)4-10(9)14)11(6-25)20(27-17)28-21-19(30)18(29)16(37-21)7-36-39(34,35)8-38(31,32)33/h3-6,14,16,18-19,21,25,29-30H,1-2,7-8H2,(H,34,35)(H2,26,27,28)(H2,31,32,33)/t14-,16-,18-,19-,21-/m1/s1. The molecule has 1 fully saturated rings. The van der Waals surface area contributed by atoms with Gasteiger partial charge in [-0.05, 0) is 42.2 Å². The van der Waals surface area contributed by atoms with Gasteiger partial charge in [-0.25, -0.2) is 13.8 Å². The maximum absolute atomic E-state index is 13.9. The number of aryl methyl sites for hydroxylation is 1. The molecular weight excluding hydrogens is 588 g/mol. The topological polar surface area (TPSA) is 215 Å². The number of rotatable bonds is 10. The molecule has 6 atom stereocenters. The van der Waals surface area contributed by atoms with Crippen LogP contribution in [0, 0.1) is 17.0 Å². The number of nitrogens with zero attached hydrogens (tertiary/aromatic N) is 1. The van der Waals surface area contributed by atoms with Crippen LogP contribution in [0.3, 0.4) is 0 Å². The van der Waals surface area contributed by atoms with Crippen LogP contribution in [0.15, 0.2) is 18.2 Å². The molecule has 18 heteroatoms. The summed E-state index contributed by atoms with van der Waals surface area (Å²) in [6, 6.07) is 3.24. The Balaban J connectivity index is 1.50. The minimum absolute atomic E-state index is 0.0410. The lowest BCUT2D eigenvalue weighted by Crippen LogP contribution is -2.37. The Labute approximate surface area is 225 Å². The molecule has 0 amide bonds. The molecule has 39 heavy (non-hydrogen) atoms. The van der Waals surface area contributed by atoms with Gasteiger partial charge < -0.3 is 50.2 Å². The highest BCUT2D eigenvalue weighted by Crippen LogP contribution is 2.55. The van der Waals surface area contributed by atoms with Gasteiger partial charge >= 0.3 is 15.2 Å². The highest BCUT2D eigenvalue weighted by Gasteiger charge is 2.44. The maximum atomic E-state index is 13.9. The Kier molecular flexibility index (Phi) is 8.79. The first-order valence-corrected chi connectivity index (χ1v) is 15.4. The molecule has 1 saturated heterocycles. The fraction of sp³-hybridized carbons (Fsp3) is 0.429. The van der Waals surface area contributed by atoms with Gasteiger partial charge in [-0.2, -0.15) is 0 Å². The van der Waals surface area contributed by atoms with E-state index in [0.717, 1.165) is 18.3 Å². The summed E-state index contributed by atoms with van der Waals surface area (Å²) in [4.78, 5) is 31.5. The zero-order valence-electron chi connectivity index (χ0n) is 19.9. The van der Waals surface area contributed by atoms with Gasteiger partial charge in [0.1, 0.15) is 29.3 Å². The van der Waals surface area contributed by atoms with E-state index in [9.17, 15) is 33.0 Å². The normalized spacial score (nSPS) is 26.2. The van der Waals surface area contributed by atoms with Crippen LogP contribution in [0.1, 0.15) is 29.2 Å². The summed E-state index contributed by atoms with van der Waals surface area (Å²) >= 11 is 6.17. The fourth-order valence-corrected chi connectivity index (χ4v) is 7.20. The molecule has 0 spiro atoms. The van der Waals surface area contributed by atoms with Crippen molar-refractivity contribution in [3.8, 4) is 0 Å². The van der Waals surface area contributed by atoms with Gasteiger partial charge in [-0.15, -0.1) is 0 Å². The summed E-state index contributed by atoms with van der Waals surface area (Å²) in [5, 5.41) is 34.5. The number of aliphatic hydroxyl groups is 2. The van der Waals surface area contributed by atoms with E-state index in [-0.39, 0.29) is 16.5 Å². The van der Waals surface area contributed by atoms with Gasteiger partial charge in [0.2, 0.25) is 0 Å². The van der Waals surface area contributed by atoms with Gasteiger partial charge in [0.15, 0.2) is 23.8 Å². The summed E-state index contributed by atoms with van der Waals surface area (Å²) in [5.74, 6) is -3.42. The van der Waals surface area contributed by atoms with Crippen LogP contribution in [0.2, 0.25) is 5.15 Å². The smallest absolute Gasteiger partial charge is 0.340 e. The second-order valence-corrected chi connectivity index (χ2v) is 13.4. The van der Waals surface area contributed by atoms with E-state index < -0.39 is 69.9 Å². The van der Waals surface area contributed by atoms with E-state index in [2.05, 4.69) is 20.1 Å². The molecule has 8 N–H and O–H groups in total. The molecule has 1 unspecified atom stereocenters. The second-order valence-electron chi connectivity index (χ2n) is 9.06. The number of nitrogens with one attached hydrogen (secondary N) is 3. The molecule has 0 radical (unpaired) electrons. The van der Waals surface area contributed by atoms with Crippen molar-refractivity contribution in [2.24, 2.45) is 0 Å². The summed E-state index contributed by atoms with van der Waals surface area (Å²) in [7, 11) is -9.61. The Hall–Kier alpha value is -2.03. The molecule has 1 aromatic heterocycles. The van der Waals surface area contributed by atoms with Crippen molar-refractivity contribution in [3.63, 3.8) is 0 Å². The third-order valence-electron chi connectivity index (χ3n) is 6.21. The number of ether oxygens (including phenoxy) is 1. The maximum Gasteiger partial charge on any atom is 0.340 e. The third kappa shape index (κ3) is 7.01. The van der Waals surface area contributed by atoms with Crippen LogP contribution in [0.4, 0.5) is 20.3 Å². The van der Waals surface area contributed by atoms with Crippen molar-refractivity contribution in [2.75, 3.05) is 23.1 Å². The van der Waals surface area contributed by atoms with E-state index >= 15 is 0 Å². The van der Waals surface area contributed by atoms with Crippen molar-refractivity contribution < 1.29 is 52.1 Å². The largest absolute Gasteiger partial charge is 0.387 e. The number of pyridine rings is 1. The van der Waals surface area contributed by atoms with Crippen LogP contribution >= 0.6 is 26.8 Å². The Morgan fingerprint density at radius 1 is 1.15 bits per heavy atom. The Morgan fingerprint density at radius 2 is 1.85 bits per heavy atom. The van der Waals surface area contributed by atoms with E-state index in [0.29, 0.717) is 29.7 Å². The number of anilines is 2. The number of hydrogen-bond acceptors (Lipinski definition) is 10. The predicted octanol–water partition coefficient (Wildman–Crippen LogP) is 2.31. The number of halogens is 3. The number of fused-ring (bicyclic) bond motifs is 1. The van der Waals surface area contributed by atoms with Crippen LogP contribution in [0.5, 0.6) is 0 Å². The Bertz CT molecular complexity index is 1370. The minimum atomic E-state index is -4.87. The Morgan fingerprint density at radius 3 is 2.51 bits per heavy atom. The van der Waals surface area contributed by atoms with Crippen LogP contribution < -0.4 is 10.6 Å². The van der Waals surface area contributed by atoms with Gasteiger partial charge in [0, 0.05) is 6.21 Å². The number of aromatic nitrogens is 1. The molecule has 4 rings (SSSR count). The number of aliphatic hydroxyl groups excluding tert-OH is 2. The summed E-state index contributed by atoms with van der Waals surface area (Å²) in [5.41, 5.74) is 1.65. The second kappa shape index (κ2) is 11.5. The molecule has 214 valence electrons. The molecule has 2 aromatic rings. The molecule has 2 aliphatic rings. The average molecular weight is 613 g/mol. The lowest BCUT2D eigenvalue weighted by molar-refractivity contribution is -0.0110. The monoisotopic (exact) mass is 612 g/mol. The number of hydrogen-bond donors (Lipinski definition) is 8. The van der Waals surface area contributed by atoms with Crippen molar-refractivity contribution >= 4 is 44.5 Å². The SMILES string of the molecule is N=Cc1c(N[C@@H]2CCc3cc(F)c(F)cc32)cc(Cl)nc1N[C@@H]1O[C@H](COP(=O)(O)CP(=O)(O)O)[C@@H](O)[C@H]1O. The average Bonchev–Trinajstić information content (AvgIpc) is 3.31. The molecule has 2 heterocycles. The van der Waals surface area contributed by atoms with Crippen LogP contribution in [-0.4, -0.2) is 73.1 Å². The molecule has 0 saturated carbocycles. The summed E-state index contributed by atoms with van der Waals surface area (Å²) in [6.07, 6.45) is -4.07. The molecule has 1 aliphatic carbocycles. The zero-order valence-corrected chi connectivity index (χ0v) is 22.4. The van der Waals surface area contributed by atoms with Crippen LogP contribution in [0.25, 0.3) is 0 Å².